The Morgan fingerprint density at radius 3 is 2.33 bits per heavy atom. The normalized spacial score (nSPS) is 24.5. The van der Waals surface area contributed by atoms with Crippen LogP contribution in [-0.4, -0.2) is 18.1 Å². The SMILES string of the molecule is NC(=S)c1ccc(N2CC3CCCC3C2)c2ccccc12. The maximum absolute atomic E-state index is 5.88. The highest BCUT2D eigenvalue weighted by Crippen LogP contribution is 2.41. The molecule has 2 aromatic rings. The van der Waals surface area contributed by atoms with Crippen LogP contribution in [0.3, 0.4) is 0 Å². The minimum absolute atomic E-state index is 0.482. The fraction of sp³-hybridized carbons (Fsp3) is 0.389. The lowest BCUT2D eigenvalue weighted by Gasteiger charge is -2.22. The van der Waals surface area contributed by atoms with E-state index < -0.39 is 0 Å². The van der Waals surface area contributed by atoms with Gasteiger partial charge in [0.1, 0.15) is 4.99 Å². The number of fused-ring (bicyclic) bond motifs is 2. The van der Waals surface area contributed by atoms with Crippen LogP contribution in [-0.2, 0) is 0 Å². The summed E-state index contributed by atoms with van der Waals surface area (Å²) in [7, 11) is 0. The number of hydrogen-bond acceptors (Lipinski definition) is 2. The van der Waals surface area contributed by atoms with Crippen LogP contribution in [0.1, 0.15) is 24.8 Å². The van der Waals surface area contributed by atoms with E-state index in [2.05, 4.69) is 41.3 Å². The highest BCUT2D eigenvalue weighted by molar-refractivity contribution is 7.80. The van der Waals surface area contributed by atoms with Gasteiger partial charge in [0, 0.05) is 29.7 Å². The average molecular weight is 296 g/mol. The summed E-state index contributed by atoms with van der Waals surface area (Å²) in [6.07, 6.45) is 4.23. The Hall–Kier alpha value is -1.61. The topological polar surface area (TPSA) is 29.3 Å². The highest BCUT2D eigenvalue weighted by Gasteiger charge is 2.36. The smallest absolute Gasteiger partial charge is 0.104 e. The van der Waals surface area contributed by atoms with Crippen molar-refractivity contribution in [3.8, 4) is 0 Å². The minimum Gasteiger partial charge on any atom is -0.389 e. The standard InChI is InChI=1S/C18H20N2S/c19-18(21)16-8-9-17(15-7-2-1-6-14(15)16)20-10-12-4-3-5-13(12)11-20/h1-2,6-9,12-13H,3-5,10-11H2,(H2,19,21). The lowest BCUT2D eigenvalue weighted by Crippen LogP contribution is -2.21. The third-order valence-corrected chi connectivity index (χ3v) is 5.45. The first-order valence-electron chi connectivity index (χ1n) is 7.80. The van der Waals surface area contributed by atoms with E-state index in [1.807, 2.05) is 0 Å². The molecule has 0 amide bonds. The molecule has 0 bridgehead atoms. The molecule has 0 radical (unpaired) electrons. The van der Waals surface area contributed by atoms with Gasteiger partial charge in [-0.2, -0.15) is 0 Å². The van der Waals surface area contributed by atoms with Crippen LogP contribution in [0.5, 0.6) is 0 Å². The summed E-state index contributed by atoms with van der Waals surface area (Å²) in [5.74, 6) is 1.80. The van der Waals surface area contributed by atoms with Gasteiger partial charge in [0.15, 0.2) is 0 Å². The summed E-state index contributed by atoms with van der Waals surface area (Å²) in [5, 5.41) is 2.46. The van der Waals surface area contributed by atoms with Crippen molar-refractivity contribution in [2.45, 2.75) is 19.3 Å². The van der Waals surface area contributed by atoms with Crippen LogP contribution in [0.4, 0.5) is 5.69 Å². The van der Waals surface area contributed by atoms with Crippen LogP contribution < -0.4 is 10.6 Å². The van der Waals surface area contributed by atoms with Crippen LogP contribution in [0.15, 0.2) is 36.4 Å². The molecule has 4 rings (SSSR count). The molecule has 1 saturated heterocycles. The molecule has 2 N–H and O–H groups in total. The van der Waals surface area contributed by atoms with Gasteiger partial charge in [-0.15, -0.1) is 0 Å². The van der Waals surface area contributed by atoms with Crippen LogP contribution in [0.25, 0.3) is 10.8 Å². The lowest BCUT2D eigenvalue weighted by molar-refractivity contribution is 0.494. The van der Waals surface area contributed by atoms with Gasteiger partial charge in [-0.1, -0.05) is 42.9 Å². The van der Waals surface area contributed by atoms with E-state index in [-0.39, 0.29) is 0 Å². The molecule has 3 heteroatoms. The van der Waals surface area contributed by atoms with E-state index >= 15 is 0 Å². The van der Waals surface area contributed by atoms with Crippen molar-refractivity contribution in [1.82, 2.24) is 0 Å². The number of thiocarbonyl (C=S) groups is 1. The molecule has 1 aliphatic carbocycles. The summed E-state index contributed by atoms with van der Waals surface area (Å²) in [5.41, 5.74) is 8.21. The zero-order chi connectivity index (χ0) is 14.4. The van der Waals surface area contributed by atoms with Crippen molar-refractivity contribution in [3.05, 3.63) is 42.0 Å². The van der Waals surface area contributed by atoms with Gasteiger partial charge in [-0.3, -0.25) is 0 Å². The Labute approximate surface area is 130 Å². The van der Waals surface area contributed by atoms with Crippen molar-refractivity contribution < 1.29 is 0 Å². The van der Waals surface area contributed by atoms with Crippen molar-refractivity contribution in [1.29, 1.82) is 0 Å². The fourth-order valence-corrected chi connectivity index (χ4v) is 4.38. The number of benzene rings is 2. The molecule has 1 saturated carbocycles. The second-order valence-electron chi connectivity index (χ2n) is 6.40. The second-order valence-corrected chi connectivity index (χ2v) is 6.84. The van der Waals surface area contributed by atoms with Gasteiger partial charge >= 0.3 is 0 Å². The summed E-state index contributed by atoms with van der Waals surface area (Å²) < 4.78 is 0. The van der Waals surface area contributed by atoms with Crippen LogP contribution >= 0.6 is 12.2 Å². The molecule has 2 aliphatic rings. The molecule has 1 heterocycles. The van der Waals surface area contributed by atoms with E-state index in [0.717, 1.165) is 17.4 Å². The van der Waals surface area contributed by atoms with Crippen molar-refractivity contribution in [3.63, 3.8) is 0 Å². The Balaban J connectivity index is 1.80. The largest absolute Gasteiger partial charge is 0.389 e. The first-order chi connectivity index (χ1) is 10.2. The Morgan fingerprint density at radius 1 is 1.00 bits per heavy atom. The van der Waals surface area contributed by atoms with Gasteiger partial charge in [-0.05, 0) is 42.2 Å². The Kier molecular flexibility index (Phi) is 3.11. The quantitative estimate of drug-likeness (QED) is 0.857. The molecule has 0 spiro atoms. The lowest BCUT2D eigenvalue weighted by atomic mass is 10.0. The maximum Gasteiger partial charge on any atom is 0.104 e. The molecular weight excluding hydrogens is 276 g/mol. The maximum atomic E-state index is 5.88. The first kappa shape index (κ1) is 13.1. The monoisotopic (exact) mass is 296 g/mol. The molecule has 108 valence electrons. The predicted molar refractivity (Wildman–Crippen MR) is 92.9 cm³/mol. The van der Waals surface area contributed by atoms with Gasteiger partial charge in [0.05, 0.1) is 0 Å². The molecule has 2 fully saturated rings. The summed E-state index contributed by atoms with van der Waals surface area (Å²) in [4.78, 5) is 3.05. The van der Waals surface area contributed by atoms with Crippen molar-refractivity contribution >= 4 is 33.7 Å². The van der Waals surface area contributed by atoms with Crippen LogP contribution in [0.2, 0.25) is 0 Å². The van der Waals surface area contributed by atoms with E-state index in [1.165, 1.54) is 48.8 Å². The van der Waals surface area contributed by atoms with Gasteiger partial charge in [0.2, 0.25) is 0 Å². The Morgan fingerprint density at radius 2 is 1.67 bits per heavy atom. The third-order valence-electron chi connectivity index (χ3n) is 5.23. The molecule has 2 unspecified atom stereocenters. The van der Waals surface area contributed by atoms with Gasteiger partial charge in [-0.25, -0.2) is 0 Å². The predicted octanol–water partition coefficient (Wildman–Crippen LogP) is 3.71. The fourth-order valence-electron chi connectivity index (χ4n) is 4.21. The number of nitrogens with zero attached hydrogens (tertiary/aromatic N) is 1. The third kappa shape index (κ3) is 2.11. The molecule has 2 nitrogen and oxygen atoms in total. The first-order valence-corrected chi connectivity index (χ1v) is 8.21. The van der Waals surface area contributed by atoms with Gasteiger partial charge < -0.3 is 10.6 Å². The summed E-state index contributed by atoms with van der Waals surface area (Å²) >= 11 is 5.20. The molecular formula is C18H20N2S. The van der Waals surface area contributed by atoms with Gasteiger partial charge in [0.25, 0.3) is 0 Å². The molecule has 0 aromatic heterocycles. The summed E-state index contributed by atoms with van der Waals surface area (Å²) in [6, 6.07) is 12.8. The van der Waals surface area contributed by atoms with E-state index in [1.54, 1.807) is 0 Å². The number of rotatable bonds is 2. The van der Waals surface area contributed by atoms with E-state index in [9.17, 15) is 0 Å². The number of hydrogen-bond donors (Lipinski definition) is 1. The zero-order valence-corrected chi connectivity index (χ0v) is 12.9. The highest BCUT2D eigenvalue weighted by atomic mass is 32.1. The van der Waals surface area contributed by atoms with Crippen LogP contribution in [0, 0.1) is 11.8 Å². The molecule has 21 heavy (non-hydrogen) atoms. The Bertz CT molecular complexity index is 697. The molecule has 2 aromatic carbocycles. The number of anilines is 1. The minimum atomic E-state index is 0.482. The second kappa shape index (κ2) is 4.99. The van der Waals surface area contributed by atoms with Crippen molar-refractivity contribution in [2.24, 2.45) is 17.6 Å². The van der Waals surface area contributed by atoms with Crippen molar-refractivity contribution in [2.75, 3.05) is 18.0 Å². The summed E-state index contributed by atoms with van der Waals surface area (Å²) in [6.45, 7) is 2.42. The van der Waals surface area contributed by atoms with E-state index in [4.69, 9.17) is 18.0 Å². The van der Waals surface area contributed by atoms with E-state index in [0.29, 0.717) is 4.99 Å². The molecule has 1 aliphatic heterocycles. The zero-order valence-electron chi connectivity index (χ0n) is 12.1. The average Bonchev–Trinajstić information content (AvgIpc) is 3.07. The molecule has 2 atom stereocenters. The number of nitrogens with two attached hydrogens (primary N) is 1.